The second-order valence-electron chi connectivity index (χ2n) is 9.54. The zero-order valence-electron chi connectivity index (χ0n) is 21.5. The lowest BCUT2D eigenvalue weighted by Gasteiger charge is -2.22. The van der Waals surface area contributed by atoms with Gasteiger partial charge in [-0.25, -0.2) is 5.01 Å². The number of nitrogens with zero attached hydrogens (tertiary/aromatic N) is 2. The van der Waals surface area contributed by atoms with Gasteiger partial charge >= 0.3 is 0 Å². The van der Waals surface area contributed by atoms with Crippen LogP contribution in [0.2, 0.25) is 10.0 Å². The van der Waals surface area contributed by atoms with Gasteiger partial charge in [-0.2, -0.15) is 5.10 Å². The molecule has 1 atom stereocenters. The minimum Gasteiger partial charge on any atom is -0.482 e. The van der Waals surface area contributed by atoms with Gasteiger partial charge in [-0.05, 0) is 47.5 Å². The van der Waals surface area contributed by atoms with Gasteiger partial charge in [0, 0.05) is 32.4 Å². The molecule has 0 radical (unpaired) electrons. The average molecular weight is 647 g/mol. The zero-order valence-corrected chi connectivity index (χ0v) is 24.6. The minimum absolute atomic E-state index is 0.275. The molecule has 0 saturated heterocycles. The first-order valence-electron chi connectivity index (χ1n) is 12.8. The number of aromatic nitrogens is 1. The van der Waals surface area contributed by atoms with Gasteiger partial charge in [0.2, 0.25) is 0 Å². The Balaban J connectivity index is 1.45. The molecule has 41 heavy (non-hydrogen) atoms. The van der Waals surface area contributed by atoms with E-state index >= 15 is 0 Å². The smallest absolute Gasteiger partial charge is 0.281 e. The van der Waals surface area contributed by atoms with Crippen molar-refractivity contribution in [1.82, 2.24) is 9.99 Å². The van der Waals surface area contributed by atoms with Crippen molar-refractivity contribution in [1.29, 1.82) is 0 Å². The van der Waals surface area contributed by atoms with E-state index in [0.29, 0.717) is 39.0 Å². The van der Waals surface area contributed by atoms with Crippen LogP contribution in [-0.2, 0) is 4.79 Å². The van der Waals surface area contributed by atoms with Crippen molar-refractivity contribution in [3.63, 3.8) is 0 Å². The van der Waals surface area contributed by atoms with Gasteiger partial charge in [0.15, 0.2) is 6.61 Å². The molecule has 2 heterocycles. The van der Waals surface area contributed by atoms with E-state index in [-0.39, 0.29) is 18.1 Å². The number of amides is 1. The van der Waals surface area contributed by atoms with Crippen LogP contribution >= 0.6 is 39.1 Å². The topological polar surface area (TPSA) is 74.8 Å². The second kappa shape index (κ2) is 11.5. The normalized spacial score (nSPS) is 14.8. The summed E-state index contributed by atoms with van der Waals surface area (Å²) in [5, 5.41) is 7.82. The summed E-state index contributed by atoms with van der Waals surface area (Å²) in [7, 11) is 0. The van der Waals surface area contributed by atoms with Crippen molar-refractivity contribution in [3.05, 3.63) is 133 Å². The fourth-order valence-electron chi connectivity index (χ4n) is 5.07. The molecule has 0 bridgehead atoms. The van der Waals surface area contributed by atoms with Crippen LogP contribution < -0.4 is 10.3 Å². The Bertz CT molecular complexity index is 1860. The highest BCUT2D eigenvalue weighted by Gasteiger charge is 2.35. The summed E-state index contributed by atoms with van der Waals surface area (Å²) >= 11 is 15.8. The molecule has 0 spiro atoms. The van der Waals surface area contributed by atoms with Crippen LogP contribution in [0.1, 0.15) is 23.6 Å². The van der Waals surface area contributed by atoms with E-state index in [1.807, 2.05) is 78.9 Å². The van der Waals surface area contributed by atoms with Gasteiger partial charge in [-0.15, -0.1) is 0 Å². The summed E-state index contributed by atoms with van der Waals surface area (Å²) in [6.07, 6.45) is 0.347. The number of ether oxygens (including phenoxy) is 1. The van der Waals surface area contributed by atoms with E-state index in [1.54, 1.807) is 18.2 Å². The predicted octanol–water partition coefficient (Wildman–Crippen LogP) is 8.02. The third-order valence-electron chi connectivity index (χ3n) is 6.92. The van der Waals surface area contributed by atoms with Crippen LogP contribution in [0.3, 0.4) is 0 Å². The first kappa shape index (κ1) is 27.3. The molecule has 0 aliphatic carbocycles. The van der Waals surface area contributed by atoms with E-state index in [9.17, 15) is 9.59 Å². The molecule has 1 aliphatic rings. The number of H-pyrrole nitrogens is 1. The maximum atomic E-state index is 13.7. The lowest BCUT2D eigenvalue weighted by molar-refractivity contribution is -0.135. The molecule has 4 aromatic carbocycles. The molecule has 1 amide bonds. The van der Waals surface area contributed by atoms with Crippen molar-refractivity contribution in [2.75, 3.05) is 6.61 Å². The Morgan fingerprint density at radius 3 is 2.41 bits per heavy atom. The van der Waals surface area contributed by atoms with Crippen molar-refractivity contribution in [2.24, 2.45) is 5.10 Å². The van der Waals surface area contributed by atoms with E-state index < -0.39 is 6.04 Å². The first-order valence-corrected chi connectivity index (χ1v) is 14.4. The summed E-state index contributed by atoms with van der Waals surface area (Å²) in [5.74, 6) is -0.0342. The van der Waals surface area contributed by atoms with E-state index in [1.165, 1.54) is 5.01 Å². The number of nitrogens with one attached hydrogen (secondary N) is 1. The molecular formula is C32H22BrCl2N3O3. The third kappa shape index (κ3) is 5.53. The van der Waals surface area contributed by atoms with Crippen LogP contribution in [0.4, 0.5) is 0 Å². The standard InChI is InChI=1S/C32H22BrCl2N3O3/c33-21-11-13-25-23(15-21)30(20-9-5-2-6-10-20)31(32(40)36-25)26-17-27(19-7-3-1-4-8-19)38(37-26)29(39)18-41-28-14-12-22(34)16-24(28)35/h1-16,27H,17-18H2,(H,36,40). The zero-order chi connectivity index (χ0) is 28.5. The summed E-state index contributed by atoms with van der Waals surface area (Å²) in [6.45, 7) is -0.298. The summed E-state index contributed by atoms with van der Waals surface area (Å²) in [5.41, 5.74) is 3.91. The molecule has 5 aromatic rings. The van der Waals surface area contributed by atoms with Gasteiger partial charge in [-0.3, -0.25) is 9.59 Å². The van der Waals surface area contributed by atoms with E-state index in [0.717, 1.165) is 26.5 Å². The SMILES string of the molecule is O=C(COc1ccc(Cl)cc1Cl)N1N=C(c2c(-c3ccccc3)c3cc(Br)ccc3[nH]c2=O)CC1c1ccccc1. The van der Waals surface area contributed by atoms with Gasteiger partial charge in [0.05, 0.1) is 22.3 Å². The lowest BCUT2D eigenvalue weighted by Crippen LogP contribution is -2.31. The van der Waals surface area contributed by atoms with Crippen LogP contribution in [-0.4, -0.2) is 28.2 Å². The Morgan fingerprint density at radius 1 is 0.951 bits per heavy atom. The molecule has 1 unspecified atom stereocenters. The number of rotatable bonds is 6. The van der Waals surface area contributed by atoms with Crippen molar-refractivity contribution < 1.29 is 9.53 Å². The number of carbonyl (C=O) groups is 1. The molecule has 1 N–H and O–H groups in total. The quantitative estimate of drug-likeness (QED) is 0.203. The number of fused-ring (bicyclic) bond motifs is 1. The van der Waals surface area contributed by atoms with Crippen LogP contribution in [0, 0.1) is 0 Å². The van der Waals surface area contributed by atoms with Gasteiger partial charge < -0.3 is 9.72 Å². The predicted molar refractivity (Wildman–Crippen MR) is 167 cm³/mol. The summed E-state index contributed by atoms with van der Waals surface area (Å²) in [6, 6.07) is 29.5. The molecule has 6 nitrogen and oxygen atoms in total. The number of carbonyl (C=O) groups excluding carboxylic acids is 1. The Hall–Kier alpha value is -3.91. The van der Waals surface area contributed by atoms with Gasteiger partial charge in [0.25, 0.3) is 11.5 Å². The Kier molecular flexibility index (Phi) is 7.67. The molecule has 0 saturated carbocycles. The molecule has 6 rings (SSSR count). The number of pyridine rings is 1. The molecule has 9 heteroatoms. The second-order valence-corrected chi connectivity index (χ2v) is 11.3. The number of hydrogen-bond acceptors (Lipinski definition) is 4. The van der Waals surface area contributed by atoms with Gasteiger partial charge in [0.1, 0.15) is 5.75 Å². The van der Waals surface area contributed by atoms with Gasteiger partial charge in [-0.1, -0.05) is 99.8 Å². The van der Waals surface area contributed by atoms with E-state index in [2.05, 4.69) is 20.9 Å². The molecular weight excluding hydrogens is 625 g/mol. The maximum absolute atomic E-state index is 13.7. The third-order valence-corrected chi connectivity index (χ3v) is 7.95. The fraction of sp³-hybridized carbons (Fsp3) is 0.0938. The highest BCUT2D eigenvalue weighted by Crippen LogP contribution is 2.37. The number of halogens is 3. The van der Waals surface area contributed by atoms with Crippen LogP contribution in [0.15, 0.2) is 111 Å². The molecule has 0 fully saturated rings. The van der Waals surface area contributed by atoms with Crippen molar-refractivity contribution in [2.45, 2.75) is 12.5 Å². The first-order chi connectivity index (χ1) is 19.9. The Labute approximate surface area is 254 Å². The number of hydrazone groups is 1. The fourth-order valence-corrected chi connectivity index (χ4v) is 5.89. The highest BCUT2D eigenvalue weighted by atomic mass is 79.9. The molecule has 1 aromatic heterocycles. The maximum Gasteiger partial charge on any atom is 0.281 e. The molecule has 1 aliphatic heterocycles. The average Bonchev–Trinajstić information content (AvgIpc) is 3.42. The summed E-state index contributed by atoms with van der Waals surface area (Å²) < 4.78 is 6.63. The van der Waals surface area contributed by atoms with Crippen LogP contribution in [0.5, 0.6) is 5.75 Å². The number of benzene rings is 4. The highest BCUT2D eigenvalue weighted by molar-refractivity contribution is 9.10. The number of hydrogen-bond donors (Lipinski definition) is 1. The largest absolute Gasteiger partial charge is 0.482 e. The van der Waals surface area contributed by atoms with E-state index in [4.69, 9.17) is 33.0 Å². The number of aromatic amines is 1. The minimum atomic E-state index is -0.427. The Morgan fingerprint density at radius 2 is 1.68 bits per heavy atom. The van der Waals surface area contributed by atoms with Crippen molar-refractivity contribution in [3.8, 4) is 16.9 Å². The monoisotopic (exact) mass is 645 g/mol. The van der Waals surface area contributed by atoms with Crippen molar-refractivity contribution >= 4 is 61.7 Å². The summed E-state index contributed by atoms with van der Waals surface area (Å²) in [4.78, 5) is 30.3. The lowest BCUT2D eigenvalue weighted by atomic mass is 9.91. The molecule has 204 valence electrons. The van der Waals surface area contributed by atoms with Crippen LogP contribution in [0.25, 0.3) is 22.0 Å².